The van der Waals surface area contributed by atoms with Crippen molar-refractivity contribution in [1.82, 2.24) is 9.97 Å². The molecule has 1 unspecified atom stereocenters. The number of carboxylic acids is 1. The van der Waals surface area contributed by atoms with Gasteiger partial charge in [-0.15, -0.1) is 0 Å². The number of hydrogen-bond acceptors (Lipinski definition) is 6. The molecule has 0 aliphatic carbocycles. The highest BCUT2D eigenvalue weighted by molar-refractivity contribution is 7.99. The predicted octanol–water partition coefficient (Wildman–Crippen LogP) is -0.380. The van der Waals surface area contributed by atoms with E-state index in [1.54, 1.807) is 0 Å². The first-order chi connectivity index (χ1) is 7.13. The third-order valence-corrected chi connectivity index (χ3v) is 2.47. The number of aliphatic hydroxyl groups is 2. The lowest BCUT2D eigenvalue weighted by atomic mass is 10.4. The molecule has 1 rings (SSSR count). The van der Waals surface area contributed by atoms with Crippen molar-refractivity contribution in [2.45, 2.75) is 11.3 Å². The number of carbonyl (C=O) groups is 1. The summed E-state index contributed by atoms with van der Waals surface area (Å²) < 4.78 is 0. The van der Waals surface area contributed by atoms with Crippen LogP contribution in [0, 0.1) is 0 Å². The van der Waals surface area contributed by atoms with Crippen LogP contribution in [0.15, 0.2) is 17.4 Å². The Hall–Kier alpha value is -1.18. The zero-order valence-electron chi connectivity index (χ0n) is 7.70. The van der Waals surface area contributed by atoms with Crippen LogP contribution in [0.1, 0.15) is 10.5 Å². The van der Waals surface area contributed by atoms with Gasteiger partial charge in [0.25, 0.3) is 0 Å². The van der Waals surface area contributed by atoms with Gasteiger partial charge in [-0.25, -0.2) is 14.8 Å². The molecule has 0 aromatic carbocycles. The van der Waals surface area contributed by atoms with Gasteiger partial charge in [0, 0.05) is 11.9 Å². The van der Waals surface area contributed by atoms with Gasteiger partial charge in [-0.3, -0.25) is 0 Å². The van der Waals surface area contributed by atoms with Gasteiger partial charge in [0.1, 0.15) is 0 Å². The van der Waals surface area contributed by atoms with Crippen molar-refractivity contribution < 1.29 is 20.1 Å². The Morgan fingerprint density at radius 3 is 2.93 bits per heavy atom. The third-order valence-electron chi connectivity index (χ3n) is 1.47. The van der Waals surface area contributed by atoms with Gasteiger partial charge < -0.3 is 15.3 Å². The molecule has 1 aromatic heterocycles. The summed E-state index contributed by atoms with van der Waals surface area (Å²) in [4.78, 5) is 18.1. The monoisotopic (exact) mass is 230 g/mol. The number of aliphatic hydroxyl groups excluding tert-OH is 2. The van der Waals surface area contributed by atoms with Gasteiger partial charge in [-0.05, 0) is 6.07 Å². The quantitative estimate of drug-likeness (QED) is 0.468. The van der Waals surface area contributed by atoms with E-state index in [1.165, 1.54) is 12.3 Å². The summed E-state index contributed by atoms with van der Waals surface area (Å²) in [5, 5.41) is 26.5. The van der Waals surface area contributed by atoms with Crippen LogP contribution in [-0.2, 0) is 0 Å². The fourth-order valence-electron chi connectivity index (χ4n) is 0.753. The summed E-state index contributed by atoms with van der Waals surface area (Å²) >= 11 is 1.09. The van der Waals surface area contributed by atoms with E-state index in [-0.39, 0.29) is 23.2 Å². The van der Waals surface area contributed by atoms with Crippen LogP contribution in [0.5, 0.6) is 0 Å². The molecule has 0 aliphatic heterocycles. The van der Waals surface area contributed by atoms with Crippen LogP contribution < -0.4 is 0 Å². The zero-order valence-corrected chi connectivity index (χ0v) is 8.52. The minimum absolute atomic E-state index is 0.0917. The minimum atomic E-state index is -1.12. The maximum Gasteiger partial charge on any atom is 0.354 e. The Bertz CT molecular complexity index is 347. The lowest BCUT2D eigenvalue weighted by Crippen LogP contribution is -2.15. The second-order valence-electron chi connectivity index (χ2n) is 2.68. The number of thioether (sulfide) groups is 1. The summed E-state index contributed by atoms with van der Waals surface area (Å²) in [5.41, 5.74) is -0.0917. The molecule has 7 heteroatoms. The van der Waals surface area contributed by atoms with Crippen LogP contribution in [-0.4, -0.2) is 49.7 Å². The first kappa shape index (κ1) is 11.9. The fourth-order valence-corrected chi connectivity index (χ4v) is 1.50. The van der Waals surface area contributed by atoms with Crippen molar-refractivity contribution >= 4 is 17.7 Å². The molecule has 0 amide bonds. The van der Waals surface area contributed by atoms with Gasteiger partial charge >= 0.3 is 5.97 Å². The standard InChI is InChI=1S/C8H10N2O4S/c11-3-5(12)4-15-8-9-2-1-6(10-8)7(13)14/h1-2,5,11-12H,3-4H2,(H,13,14). The fraction of sp³-hybridized carbons (Fsp3) is 0.375. The second-order valence-corrected chi connectivity index (χ2v) is 3.66. The SMILES string of the molecule is O=C(O)c1ccnc(SCC(O)CO)n1. The number of nitrogens with zero attached hydrogens (tertiary/aromatic N) is 2. The van der Waals surface area contributed by atoms with Gasteiger partial charge in [-0.1, -0.05) is 11.8 Å². The van der Waals surface area contributed by atoms with Crippen LogP contribution in [0.3, 0.4) is 0 Å². The summed E-state index contributed by atoms with van der Waals surface area (Å²) in [5.74, 6) is -0.901. The number of aromatic carboxylic acids is 1. The molecule has 0 spiro atoms. The van der Waals surface area contributed by atoms with Crippen molar-refractivity contribution in [3.05, 3.63) is 18.0 Å². The molecule has 1 atom stereocenters. The number of aromatic nitrogens is 2. The van der Waals surface area contributed by atoms with Gasteiger partial charge in [0.15, 0.2) is 10.9 Å². The molecule has 1 heterocycles. The molecule has 82 valence electrons. The van der Waals surface area contributed by atoms with Crippen LogP contribution in [0.2, 0.25) is 0 Å². The Morgan fingerprint density at radius 1 is 1.60 bits per heavy atom. The molecule has 6 nitrogen and oxygen atoms in total. The van der Waals surface area contributed by atoms with Crippen molar-refractivity contribution in [1.29, 1.82) is 0 Å². The van der Waals surface area contributed by atoms with Gasteiger partial charge in [0.05, 0.1) is 12.7 Å². The number of carboxylic acid groups (broad SMARTS) is 1. The molecule has 3 N–H and O–H groups in total. The molecule has 15 heavy (non-hydrogen) atoms. The minimum Gasteiger partial charge on any atom is -0.477 e. The zero-order chi connectivity index (χ0) is 11.3. The van der Waals surface area contributed by atoms with Crippen LogP contribution in [0.4, 0.5) is 0 Å². The Balaban J connectivity index is 2.62. The van der Waals surface area contributed by atoms with E-state index in [0.717, 1.165) is 11.8 Å². The van der Waals surface area contributed by atoms with Crippen LogP contribution in [0.25, 0.3) is 0 Å². The highest BCUT2D eigenvalue weighted by Gasteiger charge is 2.08. The summed E-state index contributed by atoms with van der Waals surface area (Å²) in [6.07, 6.45) is 0.483. The summed E-state index contributed by atoms with van der Waals surface area (Å²) in [6, 6.07) is 1.29. The maximum absolute atomic E-state index is 10.6. The average Bonchev–Trinajstić information content (AvgIpc) is 2.26. The topological polar surface area (TPSA) is 104 Å². The normalized spacial score (nSPS) is 12.4. The lowest BCUT2D eigenvalue weighted by Gasteiger charge is -2.05. The van der Waals surface area contributed by atoms with E-state index in [0.29, 0.717) is 0 Å². The Kier molecular flexibility index (Phi) is 4.47. The van der Waals surface area contributed by atoms with Gasteiger partial charge in [-0.2, -0.15) is 0 Å². The molecule has 0 saturated heterocycles. The van der Waals surface area contributed by atoms with E-state index < -0.39 is 12.1 Å². The first-order valence-electron chi connectivity index (χ1n) is 4.11. The van der Waals surface area contributed by atoms with Crippen molar-refractivity contribution in [2.75, 3.05) is 12.4 Å². The van der Waals surface area contributed by atoms with E-state index in [2.05, 4.69) is 9.97 Å². The Labute approximate surface area is 90.0 Å². The molecule has 0 fully saturated rings. The third kappa shape index (κ3) is 3.82. The molecular formula is C8H10N2O4S. The largest absolute Gasteiger partial charge is 0.477 e. The second kappa shape index (κ2) is 5.64. The average molecular weight is 230 g/mol. The highest BCUT2D eigenvalue weighted by atomic mass is 32.2. The molecule has 0 bridgehead atoms. The van der Waals surface area contributed by atoms with E-state index in [1.807, 2.05) is 0 Å². The smallest absolute Gasteiger partial charge is 0.354 e. The maximum atomic E-state index is 10.6. The number of hydrogen-bond donors (Lipinski definition) is 3. The van der Waals surface area contributed by atoms with Crippen molar-refractivity contribution in [3.63, 3.8) is 0 Å². The summed E-state index contributed by atoms with van der Waals surface area (Å²) in [7, 11) is 0. The first-order valence-corrected chi connectivity index (χ1v) is 5.10. The van der Waals surface area contributed by atoms with Crippen molar-refractivity contribution in [3.8, 4) is 0 Å². The van der Waals surface area contributed by atoms with E-state index >= 15 is 0 Å². The molecule has 0 aliphatic rings. The molecule has 1 aromatic rings. The van der Waals surface area contributed by atoms with E-state index in [4.69, 9.17) is 15.3 Å². The highest BCUT2D eigenvalue weighted by Crippen LogP contribution is 2.13. The molecule has 0 saturated carbocycles. The van der Waals surface area contributed by atoms with Crippen LogP contribution >= 0.6 is 11.8 Å². The predicted molar refractivity (Wildman–Crippen MR) is 52.8 cm³/mol. The molecule has 0 radical (unpaired) electrons. The lowest BCUT2D eigenvalue weighted by molar-refractivity contribution is 0.0689. The Morgan fingerprint density at radius 2 is 2.33 bits per heavy atom. The number of rotatable bonds is 5. The van der Waals surface area contributed by atoms with E-state index in [9.17, 15) is 4.79 Å². The van der Waals surface area contributed by atoms with Crippen molar-refractivity contribution in [2.24, 2.45) is 0 Å². The summed E-state index contributed by atoms with van der Waals surface area (Å²) in [6.45, 7) is -0.342. The van der Waals surface area contributed by atoms with Gasteiger partial charge in [0.2, 0.25) is 0 Å². The molecular weight excluding hydrogens is 220 g/mol.